The molecule has 2 aromatic carbocycles. The summed E-state index contributed by atoms with van der Waals surface area (Å²) < 4.78 is 0. The van der Waals surface area contributed by atoms with Gasteiger partial charge in [-0.1, -0.05) is 23.2 Å². The molecular formula is C16H13Cl2N3OS. The van der Waals surface area contributed by atoms with Crippen molar-refractivity contribution in [3.63, 3.8) is 0 Å². The topological polar surface area (TPSA) is 35.6 Å². The van der Waals surface area contributed by atoms with Gasteiger partial charge in [-0.25, -0.2) is 5.01 Å². The van der Waals surface area contributed by atoms with Crippen LogP contribution >= 0.6 is 35.4 Å². The average molecular weight is 366 g/mol. The largest absolute Gasteiger partial charge is 0.331 e. The van der Waals surface area contributed by atoms with Crippen LogP contribution in [0.4, 0.5) is 11.4 Å². The van der Waals surface area contributed by atoms with Crippen LogP contribution in [0, 0.1) is 0 Å². The SMILES string of the molecule is O=C1CCN(C(=S)Nc2ccc(Cl)cc2)N1c1ccc(Cl)cc1. The third kappa shape index (κ3) is 3.58. The number of nitrogens with zero attached hydrogens (tertiary/aromatic N) is 2. The molecule has 1 aliphatic heterocycles. The molecule has 3 rings (SSSR count). The highest BCUT2D eigenvalue weighted by Gasteiger charge is 2.32. The number of hydrogen-bond donors (Lipinski definition) is 1. The molecule has 1 aliphatic rings. The van der Waals surface area contributed by atoms with E-state index in [1.54, 1.807) is 46.4 Å². The summed E-state index contributed by atoms with van der Waals surface area (Å²) in [5.74, 6) is -0.00687. The van der Waals surface area contributed by atoms with Gasteiger partial charge in [0.1, 0.15) is 0 Å². The molecule has 0 aromatic heterocycles. The summed E-state index contributed by atoms with van der Waals surface area (Å²) in [5, 5.41) is 8.16. The summed E-state index contributed by atoms with van der Waals surface area (Å²) >= 11 is 17.2. The minimum Gasteiger partial charge on any atom is -0.331 e. The number of halogens is 2. The zero-order chi connectivity index (χ0) is 16.4. The highest BCUT2D eigenvalue weighted by Crippen LogP contribution is 2.25. The summed E-state index contributed by atoms with van der Waals surface area (Å²) in [5.41, 5.74) is 1.55. The molecule has 1 amide bonds. The van der Waals surface area contributed by atoms with E-state index in [0.717, 1.165) is 11.4 Å². The van der Waals surface area contributed by atoms with Gasteiger partial charge in [-0.2, -0.15) is 0 Å². The number of hydrazine groups is 1. The van der Waals surface area contributed by atoms with Gasteiger partial charge in [0.05, 0.1) is 12.2 Å². The van der Waals surface area contributed by atoms with Gasteiger partial charge in [0.15, 0.2) is 5.11 Å². The maximum Gasteiger partial charge on any atom is 0.247 e. The molecule has 23 heavy (non-hydrogen) atoms. The van der Waals surface area contributed by atoms with E-state index in [1.807, 2.05) is 12.1 Å². The molecule has 7 heteroatoms. The van der Waals surface area contributed by atoms with E-state index in [0.29, 0.717) is 28.1 Å². The number of nitrogens with one attached hydrogen (secondary N) is 1. The number of hydrogen-bond acceptors (Lipinski definition) is 2. The minimum atomic E-state index is -0.00687. The van der Waals surface area contributed by atoms with Crippen LogP contribution < -0.4 is 10.3 Å². The average Bonchev–Trinajstić information content (AvgIpc) is 2.92. The fourth-order valence-electron chi connectivity index (χ4n) is 2.32. The smallest absolute Gasteiger partial charge is 0.247 e. The van der Waals surface area contributed by atoms with Crippen LogP contribution in [0.25, 0.3) is 0 Å². The van der Waals surface area contributed by atoms with Crippen molar-refractivity contribution in [1.29, 1.82) is 0 Å². The van der Waals surface area contributed by atoms with Crippen LogP contribution in [-0.4, -0.2) is 22.6 Å². The molecule has 0 bridgehead atoms. The van der Waals surface area contributed by atoms with E-state index in [4.69, 9.17) is 35.4 Å². The zero-order valence-corrected chi connectivity index (χ0v) is 14.3. The van der Waals surface area contributed by atoms with E-state index < -0.39 is 0 Å². The molecule has 1 N–H and O–H groups in total. The number of amides is 1. The third-order valence-electron chi connectivity index (χ3n) is 3.42. The zero-order valence-electron chi connectivity index (χ0n) is 12.0. The lowest BCUT2D eigenvalue weighted by atomic mass is 10.3. The van der Waals surface area contributed by atoms with Crippen molar-refractivity contribution in [1.82, 2.24) is 5.01 Å². The van der Waals surface area contributed by atoms with Crippen molar-refractivity contribution in [3.8, 4) is 0 Å². The van der Waals surface area contributed by atoms with E-state index in [9.17, 15) is 4.79 Å². The molecule has 0 aliphatic carbocycles. The quantitative estimate of drug-likeness (QED) is 0.802. The Kier molecular flexibility index (Phi) is 4.71. The first-order chi connectivity index (χ1) is 11.0. The number of thiocarbonyl (C=S) groups is 1. The fraction of sp³-hybridized carbons (Fsp3) is 0.125. The van der Waals surface area contributed by atoms with Gasteiger partial charge in [0, 0.05) is 22.2 Å². The molecular weight excluding hydrogens is 353 g/mol. The molecule has 2 aromatic rings. The van der Waals surface area contributed by atoms with E-state index >= 15 is 0 Å². The van der Waals surface area contributed by atoms with Gasteiger partial charge in [-0.05, 0) is 60.7 Å². The number of anilines is 2. The highest BCUT2D eigenvalue weighted by atomic mass is 35.5. The van der Waals surface area contributed by atoms with Crippen LogP contribution in [0.5, 0.6) is 0 Å². The van der Waals surface area contributed by atoms with Crippen LogP contribution in [0.15, 0.2) is 48.5 Å². The monoisotopic (exact) mass is 365 g/mol. The Morgan fingerprint density at radius 1 is 1.00 bits per heavy atom. The summed E-state index contributed by atoms with van der Waals surface area (Å²) in [4.78, 5) is 12.2. The van der Waals surface area contributed by atoms with Gasteiger partial charge < -0.3 is 5.32 Å². The second kappa shape index (κ2) is 6.74. The van der Waals surface area contributed by atoms with Crippen LogP contribution in [0.2, 0.25) is 10.0 Å². The third-order valence-corrected chi connectivity index (χ3v) is 4.23. The van der Waals surface area contributed by atoms with Gasteiger partial charge >= 0.3 is 0 Å². The number of carbonyl (C=O) groups excluding carboxylic acids is 1. The number of carbonyl (C=O) groups is 1. The van der Waals surface area contributed by atoms with Gasteiger partial charge in [0.2, 0.25) is 5.91 Å². The summed E-state index contributed by atoms with van der Waals surface area (Å²) in [7, 11) is 0. The fourth-order valence-corrected chi connectivity index (χ4v) is 2.86. The predicted octanol–water partition coefficient (Wildman–Crippen LogP) is 4.34. The van der Waals surface area contributed by atoms with Crippen molar-refractivity contribution >= 4 is 57.8 Å². The molecule has 0 radical (unpaired) electrons. The molecule has 1 saturated heterocycles. The summed E-state index contributed by atoms with van der Waals surface area (Å²) in [6.07, 6.45) is 0.408. The lowest BCUT2D eigenvalue weighted by Crippen LogP contribution is -2.45. The summed E-state index contributed by atoms with van der Waals surface area (Å²) in [6, 6.07) is 14.3. The second-order valence-corrected chi connectivity index (χ2v) is 6.25. The Hall–Kier alpha value is -1.82. The molecule has 0 atom stereocenters. The minimum absolute atomic E-state index is 0.00687. The van der Waals surface area contributed by atoms with E-state index in [2.05, 4.69) is 5.32 Å². The molecule has 1 fully saturated rings. The maximum absolute atomic E-state index is 12.2. The maximum atomic E-state index is 12.2. The Morgan fingerprint density at radius 2 is 1.57 bits per heavy atom. The van der Waals surface area contributed by atoms with Crippen molar-refractivity contribution in [2.45, 2.75) is 6.42 Å². The molecule has 0 unspecified atom stereocenters. The van der Waals surface area contributed by atoms with Crippen LogP contribution in [-0.2, 0) is 4.79 Å². The normalized spacial score (nSPS) is 14.3. The van der Waals surface area contributed by atoms with Gasteiger partial charge in [-0.15, -0.1) is 0 Å². The standard InChI is InChI=1S/C16H13Cl2N3OS/c17-11-1-5-13(6-2-11)19-16(23)20-10-9-15(22)21(20)14-7-3-12(18)4-8-14/h1-8H,9-10H2,(H,19,23). The molecule has 1 heterocycles. The lowest BCUT2D eigenvalue weighted by Gasteiger charge is -2.30. The van der Waals surface area contributed by atoms with E-state index in [1.165, 1.54) is 0 Å². The summed E-state index contributed by atoms with van der Waals surface area (Å²) in [6.45, 7) is 0.529. The molecule has 0 spiro atoms. The number of rotatable bonds is 2. The molecule has 4 nitrogen and oxygen atoms in total. The Bertz CT molecular complexity index is 734. The van der Waals surface area contributed by atoms with Crippen molar-refractivity contribution in [2.24, 2.45) is 0 Å². The number of benzene rings is 2. The van der Waals surface area contributed by atoms with Gasteiger partial charge in [0.25, 0.3) is 0 Å². The van der Waals surface area contributed by atoms with E-state index in [-0.39, 0.29) is 5.91 Å². The molecule has 0 saturated carbocycles. The first kappa shape index (κ1) is 16.1. The lowest BCUT2D eigenvalue weighted by molar-refractivity contribution is -0.117. The first-order valence-electron chi connectivity index (χ1n) is 6.97. The van der Waals surface area contributed by atoms with Gasteiger partial charge in [-0.3, -0.25) is 9.80 Å². The molecule has 118 valence electrons. The first-order valence-corrected chi connectivity index (χ1v) is 8.13. The van der Waals surface area contributed by atoms with Crippen molar-refractivity contribution in [2.75, 3.05) is 16.9 Å². The van der Waals surface area contributed by atoms with Crippen molar-refractivity contribution in [3.05, 3.63) is 58.6 Å². The second-order valence-electron chi connectivity index (χ2n) is 4.99. The highest BCUT2D eigenvalue weighted by molar-refractivity contribution is 7.80. The van der Waals surface area contributed by atoms with Crippen LogP contribution in [0.3, 0.4) is 0 Å². The van der Waals surface area contributed by atoms with Crippen LogP contribution in [0.1, 0.15) is 6.42 Å². The Labute approximate surface area is 149 Å². The van der Waals surface area contributed by atoms with Crippen molar-refractivity contribution < 1.29 is 4.79 Å². The predicted molar refractivity (Wildman–Crippen MR) is 97.9 cm³/mol. The Balaban J connectivity index is 1.79. The Morgan fingerprint density at radius 3 is 2.17 bits per heavy atom.